The van der Waals surface area contributed by atoms with Crippen LogP contribution in [0.15, 0.2) is 90.0 Å². The number of anilines is 1. The van der Waals surface area contributed by atoms with E-state index in [2.05, 4.69) is 4.98 Å². The van der Waals surface area contributed by atoms with Crippen LogP contribution in [0.4, 0.5) is 14.5 Å². The van der Waals surface area contributed by atoms with Crippen molar-refractivity contribution in [3.8, 4) is 0 Å². The first-order chi connectivity index (χ1) is 14.0. The van der Waals surface area contributed by atoms with Crippen LogP contribution < -0.4 is 4.31 Å². The molecule has 4 rings (SSSR count). The molecular formula is C22H16F2N2O2S. The summed E-state index contributed by atoms with van der Waals surface area (Å²) in [6, 6.07) is 19.3. The molecule has 3 aromatic carbocycles. The number of hydrogen-bond donors (Lipinski definition) is 0. The average Bonchev–Trinajstić information content (AvgIpc) is 2.74. The summed E-state index contributed by atoms with van der Waals surface area (Å²) < 4.78 is 55.4. The van der Waals surface area contributed by atoms with Gasteiger partial charge in [0.05, 0.1) is 22.6 Å². The Balaban J connectivity index is 1.85. The van der Waals surface area contributed by atoms with Crippen LogP contribution in [0.2, 0.25) is 0 Å². The fraction of sp³-hybridized carbons (Fsp3) is 0.0455. The highest BCUT2D eigenvalue weighted by Crippen LogP contribution is 2.28. The average molecular weight is 410 g/mol. The number of pyridine rings is 1. The van der Waals surface area contributed by atoms with Gasteiger partial charge in [0.15, 0.2) is 0 Å². The number of hydrogen-bond acceptors (Lipinski definition) is 3. The van der Waals surface area contributed by atoms with E-state index in [1.807, 2.05) is 0 Å². The molecule has 4 aromatic rings. The maximum Gasteiger partial charge on any atom is 0.264 e. The molecule has 7 heteroatoms. The summed E-state index contributed by atoms with van der Waals surface area (Å²) in [5.74, 6) is -0.951. The molecule has 0 saturated heterocycles. The van der Waals surface area contributed by atoms with Gasteiger partial charge in [-0.1, -0.05) is 24.3 Å². The zero-order chi connectivity index (χ0) is 20.4. The van der Waals surface area contributed by atoms with Crippen molar-refractivity contribution in [2.75, 3.05) is 4.31 Å². The minimum atomic E-state index is -4.00. The maximum absolute atomic E-state index is 14.2. The van der Waals surface area contributed by atoms with Crippen molar-refractivity contribution >= 4 is 26.6 Å². The third kappa shape index (κ3) is 3.69. The van der Waals surface area contributed by atoms with Gasteiger partial charge < -0.3 is 0 Å². The Kier molecular flexibility index (Phi) is 4.98. The Hall–Kier alpha value is -3.32. The summed E-state index contributed by atoms with van der Waals surface area (Å²) >= 11 is 0. The van der Waals surface area contributed by atoms with Crippen molar-refractivity contribution in [3.63, 3.8) is 0 Å². The molecule has 0 amide bonds. The predicted octanol–water partition coefficient (Wildman–Crippen LogP) is 4.91. The van der Waals surface area contributed by atoms with Gasteiger partial charge in [0, 0.05) is 11.6 Å². The maximum atomic E-state index is 14.2. The molecule has 0 N–H and O–H groups in total. The largest absolute Gasteiger partial charge is 0.264 e. The van der Waals surface area contributed by atoms with E-state index in [9.17, 15) is 17.2 Å². The van der Waals surface area contributed by atoms with Crippen LogP contribution in [0.1, 0.15) is 5.56 Å². The molecule has 29 heavy (non-hydrogen) atoms. The van der Waals surface area contributed by atoms with E-state index in [-0.39, 0.29) is 11.4 Å². The molecule has 4 nitrogen and oxygen atoms in total. The number of nitrogens with zero attached hydrogens (tertiary/aromatic N) is 2. The van der Waals surface area contributed by atoms with E-state index >= 15 is 0 Å². The molecule has 0 aliphatic heterocycles. The standard InChI is InChI=1S/C22H16F2N2O2S/c23-17-9-11-19(12-10-17)29(27,28)26(18-5-2-1-3-6-18)15-16-8-13-21(24)20-7-4-14-25-22(16)20/h1-14H,15H2. The highest BCUT2D eigenvalue weighted by atomic mass is 32.2. The van der Waals surface area contributed by atoms with Gasteiger partial charge in [0.2, 0.25) is 0 Å². The zero-order valence-electron chi connectivity index (χ0n) is 15.2. The van der Waals surface area contributed by atoms with Gasteiger partial charge in [-0.2, -0.15) is 0 Å². The van der Waals surface area contributed by atoms with Gasteiger partial charge in [-0.15, -0.1) is 0 Å². The van der Waals surface area contributed by atoms with Crippen molar-refractivity contribution in [2.24, 2.45) is 0 Å². The first kappa shape index (κ1) is 19.0. The van der Waals surface area contributed by atoms with Crippen LogP contribution >= 0.6 is 0 Å². The molecule has 0 unspecified atom stereocenters. The molecule has 1 heterocycles. The fourth-order valence-corrected chi connectivity index (χ4v) is 4.56. The molecular weight excluding hydrogens is 394 g/mol. The second-order valence-electron chi connectivity index (χ2n) is 6.41. The SMILES string of the molecule is O=S(=O)(c1ccc(F)cc1)N(Cc1ccc(F)c2cccnc12)c1ccccc1. The first-order valence-corrected chi connectivity index (χ1v) is 10.3. The third-order valence-electron chi connectivity index (χ3n) is 4.56. The van der Waals surface area contributed by atoms with Gasteiger partial charge >= 0.3 is 0 Å². The minimum Gasteiger partial charge on any atom is -0.262 e. The van der Waals surface area contributed by atoms with E-state index in [0.717, 1.165) is 12.1 Å². The Labute approximate surface area is 167 Å². The summed E-state index contributed by atoms with van der Waals surface area (Å²) in [7, 11) is -4.00. The van der Waals surface area contributed by atoms with Crippen LogP contribution in [0.5, 0.6) is 0 Å². The van der Waals surface area contributed by atoms with Crippen LogP contribution in [0, 0.1) is 11.6 Å². The highest BCUT2D eigenvalue weighted by molar-refractivity contribution is 7.92. The van der Waals surface area contributed by atoms with E-state index in [0.29, 0.717) is 22.2 Å². The molecule has 0 spiro atoms. The van der Waals surface area contributed by atoms with Gasteiger partial charge in [0.1, 0.15) is 11.6 Å². The van der Waals surface area contributed by atoms with Gasteiger partial charge in [-0.25, -0.2) is 17.2 Å². The lowest BCUT2D eigenvalue weighted by Crippen LogP contribution is -2.30. The van der Waals surface area contributed by atoms with Gasteiger partial charge in [0.25, 0.3) is 10.0 Å². The van der Waals surface area contributed by atoms with Crippen molar-refractivity contribution in [1.29, 1.82) is 0 Å². The summed E-state index contributed by atoms with van der Waals surface area (Å²) in [6.45, 7) is -0.0580. The van der Waals surface area contributed by atoms with Crippen LogP contribution in [-0.4, -0.2) is 13.4 Å². The Morgan fingerprint density at radius 1 is 0.828 bits per heavy atom. The predicted molar refractivity (Wildman–Crippen MR) is 108 cm³/mol. The smallest absolute Gasteiger partial charge is 0.262 e. The lowest BCUT2D eigenvalue weighted by molar-refractivity contribution is 0.589. The number of sulfonamides is 1. The number of benzene rings is 3. The number of fused-ring (bicyclic) bond motifs is 1. The molecule has 0 radical (unpaired) electrons. The van der Waals surface area contributed by atoms with Crippen molar-refractivity contribution in [2.45, 2.75) is 11.4 Å². The van der Waals surface area contributed by atoms with Gasteiger partial charge in [-0.3, -0.25) is 9.29 Å². The monoisotopic (exact) mass is 410 g/mol. The Morgan fingerprint density at radius 2 is 1.55 bits per heavy atom. The van der Waals surface area contributed by atoms with E-state index < -0.39 is 21.7 Å². The van der Waals surface area contributed by atoms with Gasteiger partial charge in [-0.05, 0) is 60.2 Å². The number of rotatable bonds is 5. The Morgan fingerprint density at radius 3 is 2.28 bits per heavy atom. The topological polar surface area (TPSA) is 50.3 Å². The van der Waals surface area contributed by atoms with Crippen molar-refractivity contribution in [3.05, 3.63) is 102 Å². The van der Waals surface area contributed by atoms with E-state index in [4.69, 9.17) is 0 Å². The molecule has 146 valence electrons. The summed E-state index contributed by atoms with van der Waals surface area (Å²) in [5, 5.41) is 0.317. The molecule has 0 bridgehead atoms. The highest BCUT2D eigenvalue weighted by Gasteiger charge is 2.26. The molecule has 0 aliphatic rings. The first-order valence-electron chi connectivity index (χ1n) is 8.82. The van der Waals surface area contributed by atoms with Crippen LogP contribution in [-0.2, 0) is 16.6 Å². The number of para-hydroxylation sites is 1. The van der Waals surface area contributed by atoms with E-state index in [1.165, 1.54) is 34.8 Å². The minimum absolute atomic E-state index is 0.0397. The normalized spacial score (nSPS) is 11.5. The third-order valence-corrected chi connectivity index (χ3v) is 6.35. The number of aromatic nitrogens is 1. The number of halogens is 2. The molecule has 0 saturated carbocycles. The fourth-order valence-electron chi connectivity index (χ4n) is 3.12. The molecule has 0 fully saturated rings. The van der Waals surface area contributed by atoms with Crippen LogP contribution in [0.25, 0.3) is 10.9 Å². The van der Waals surface area contributed by atoms with Crippen LogP contribution in [0.3, 0.4) is 0 Å². The second kappa shape index (κ2) is 7.60. The lowest BCUT2D eigenvalue weighted by Gasteiger charge is -2.25. The van der Waals surface area contributed by atoms with Crippen molar-refractivity contribution < 1.29 is 17.2 Å². The quantitative estimate of drug-likeness (QED) is 0.470. The molecule has 1 aromatic heterocycles. The summed E-state index contributed by atoms with van der Waals surface area (Å²) in [6.07, 6.45) is 1.53. The summed E-state index contributed by atoms with van der Waals surface area (Å²) in [4.78, 5) is 4.20. The summed E-state index contributed by atoms with van der Waals surface area (Å²) in [5.41, 5.74) is 1.38. The van der Waals surface area contributed by atoms with E-state index in [1.54, 1.807) is 42.5 Å². The molecule has 0 atom stereocenters. The van der Waals surface area contributed by atoms with Crippen molar-refractivity contribution in [1.82, 2.24) is 4.98 Å². The molecule has 0 aliphatic carbocycles. The second-order valence-corrected chi connectivity index (χ2v) is 8.27. The Bertz CT molecular complexity index is 1260. The zero-order valence-corrected chi connectivity index (χ0v) is 16.0. The lowest BCUT2D eigenvalue weighted by atomic mass is 10.1.